The molecule has 1 fully saturated rings. The van der Waals surface area contributed by atoms with Crippen LogP contribution >= 0.6 is 0 Å². The van der Waals surface area contributed by atoms with Gasteiger partial charge in [0, 0.05) is 6.54 Å². The Balaban J connectivity index is 2.58. The van der Waals surface area contributed by atoms with Gasteiger partial charge in [0.25, 0.3) is 0 Å². The van der Waals surface area contributed by atoms with E-state index >= 15 is 0 Å². The van der Waals surface area contributed by atoms with Crippen LogP contribution in [-0.2, 0) is 9.59 Å². The largest absolute Gasteiger partial charge is 0.324 e. The van der Waals surface area contributed by atoms with Gasteiger partial charge in [-0.15, -0.1) is 0 Å². The zero-order valence-corrected chi connectivity index (χ0v) is 5.96. The third-order valence-corrected chi connectivity index (χ3v) is 1.84. The van der Waals surface area contributed by atoms with E-state index in [4.69, 9.17) is 0 Å². The highest BCUT2D eigenvalue weighted by Gasteiger charge is 2.26. The van der Waals surface area contributed by atoms with Gasteiger partial charge in [-0.2, -0.15) is 0 Å². The average Bonchev–Trinajstić information content (AvgIpc) is 2.33. The van der Waals surface area contributed by atoms with Gasteiger partial charge in [-0.1, -0.05) is 0 Å². The summed E-state index contributed by atoms with van der Waals surface area (Å²) in [6.45, 7) is 2.20. The fourth-order valence-electron chi connectivity index (χ4n) is 1.30. The Hall–Kier alpha value is -0.860. The van der Waals surface area contributed by atoms with Gasteiger partial charge in [-0.25, -0.2) is 0 Å². The van der Waals surface area contributed by atoms with Crippen LogP contribution in [0, 0.1) is 0 Å². The second kappa shape index (κ2) is 2.82. The van der Waals surface area contributed by atoms with E-state index in [1.165, 1.54) is 11.8 Å². The highest BCUT2D eigenvalue weighted by molar-refractivity contribution is 5.83. The van der Waals surface area contributed by atoms with Gasteiger partial charge >= 0.3 is 6.41 Å². The first-order valence-electron chi connectivity index (χ1n) is 3.40. The SMILES string of the molecule is CC(=O)C1CCCN1[C]=O. The van der Waals surface area contributed by atoms with E-state index in [9.17, 15) is 9.59 Å². The summed E-state index contributed by atoms with van der Waals surface area (Å²) in [6.07, 6.45) is 3.50. The van der Waals surface area contributed by atoms with Gasteiger partial charge < -0.3 is 4.90 Å². The monoisotopic (exact) mass is 140 g/mol. The summed E-state index contributed by atoms with van der Waals surface area (Å²) in [5.41, 5.74) is 0. The quantitative estimate of drug-likeness (QED) is 0.545. The lowest BCUT2D eigenvalue weighted by Gasteiger charge is -2.14. The van der Waals surface area contributed by atoms with E-state index in [0.29, 0.717) is 6.54 Å². The van der Waals surface area contributed by atoms with Crippen LogP contribution in [0.1, 0.15) is 19.8 Å². The van der Waals surface area contributed by atoms with E-state index in [1.54, 1.807) is 6.41 Å². The topological polar surface area (TPSA) is 37.4 Å². The molecule has 3 heteroatoms. The molecule has 1 saturated heterocycles. The third-order valence-electron chi connectivity index (χ3n) is 1.84. The Morgan fingerprint density at radius 1 is 1.70 bits per heavy atom. The fourth-order valence-corrected chi connectivity index (χ4v) is 1.30. The second-order valence-electron chi connectivity index (χ2n) is 2.55. The minimum atomic E-state index is -0.183. The molecule has 0 spiro atoms. The molecular weight excluding hydrogens is 130 g/mol. The van der Waals surface area contributed by atoms with Crippen molar-refractivity contribution in [2.75, 3.05) is 6.54 Å². The Kier molecular flexibility index (Phi) is 2.04. The molecule has 0 saturated carbocycles. The molecule has 0 N–H and O–H groups in total. The summed E-state index contributed by atoms with van der Waals surface area (Å²) >= 11 is 0. The summed E-state index contributed by atoms with van der Waals surface area (Å²) < 4.78 is 0. The van der Waals surface area contributed by atoms with E-state index in [2.05, 4.69) is 0 Å². The molecule has 1 amide bonds. The van der Waals surface area contributed by atoms with Crippen molar-refractivity contribution in [2.45, 2.75) is 25.8 Å². The van der Waals surface area contributed by atoms with Crippen LogP contribution < -0.4 is 0 Å². The van der Waals surface area contributed by atoms with E-state index in [1.807, 2.05) is 0 Å². The number of nitrogens with zero attached hydrogens (tertiary/aromatic N) is 1. The number of hydrogen-bond donors (Lipinski definition) is 0. The van der Waals surface area contributed by atoms with E-state index < -0.39 is 0 Å². The maximum atomic E-state index is 10.8. The number of carbonyl (C=O) groups is 1. The number of ketones is 1. The average molecular weight is 140 g/mol. The molecule has 1 aliphatic rings. The Morgan fingerprint density at radius 3 is 2.80 bits per heavy atom. The molecule has 0 aromatic rings. The number of carbonyl (C=O) groups excluding carboxylic acids is 2. The number of amides is 1. The summed E-state index contributed by atoms with van der Waals surface area (Å²) in [5.74, 6) is 0.0702. The Morgan fingerprint density at radius 2 is 2.40 bits per heavy atom. The second-order valence-corrected chi connectivity index (χ2v) is 2.55. The summed E-state index contributed by atoms with van der Waals surface area (Å²) in [5, 5.41) is 0. The molecule has 0 bridgehead atoms. The first kappa shape index (κ1) is 7.25. The standard InChI is InChI=1S/C7H10NO2/c1-6(10)7-3-2-4-8(7)5-9/h7H,2-4H2,1H3. The Labute approximate surface area is 60.0 Å². The van der Waals surface area contributed by atoms with Crippen molar-refractivity contribution in [3.63, 3.8) is 0 Å². The van der Waals surface area contributed by atoms with Crippen molar-refractivity contribution in [1.82, 2.24) is 4.90 Å². The zero-order chi connectivity index (χ0) is 7.56. The van der Waals surface area contributed by atoms with Crippen molar-refractivity contribution in [2.24, 2.45) is 0 Å². The van der Waals surface area contributed by atoms with Crippen LogP contribution in [0.15, 0.2) is 0 Å². The van der Waals surface area contributed by atoms with Gasteiger partial charge in [0.1, 0.15) is 0 Å². The van der Waals surface area contributed by atoms with Crippen LogP contribution in [0.3, 0.4) is 0 Å². The highest BCUT2D eigenvalue weighted by Crippen LogP contribution is 2.15. The first-order chi connectivity index (χ1) is 4.75. The van der Waals surface area contributed by atoms with Crippen molar-refractivity contribution in [1.29, 1.82) is 0 Å². The van der Waals surface area contributed by atoms with Crippen molar-refractivity contribution < 1.29 is 9.59 Å². The maximum Gasteiger partial charge on any atom is 0.312 e. The van der Waals surface area contributed by atoms with Crippen LogP contribution in [0.25, 0.3) is 0 Å². The lowest BCUT2D eigenvalue weighted by molar-refractivity contribution is -0.120. The lowest BCUT2D eigenvalue weighted by atomic mass is 10.1. The van der Waals surface area contributed by atoms with Crippen molar-refractivity contribution in [3.05, 3.63) is 0 Å². The number of likely N-dealkylation sites (tertiary alicyclic amines) is 1. The Bertz CT molecular complexity index is 156. The minimum Gasteiger partial charge on any atom is -0.324 e. The van der Waals surface area contributed by atoms with Crippen LogP contribution in [0.4, 0.5) is 0 Å². The molecule has 3 nitrogen and oxygen atoms in total. The normalized spacial score (nSPS) is 24.9. The van der Waals surface area contributed by atoms with Gasteiger partial charge in [0.05, 0.1) is 6.04 Å². The molecule has 1 heterocycles. The summed E-state index contributed by atoms with van der Waals surface area (Å²) in [4.78, 5) is 22.4. The van der Waals surface area contributed by atoms with E-state index in [0.717, 1.165) is 12.8 Å². The highest BCUT2D eigenvalue weighted by atomic mass is 16.1. The van der Waals surface area contributed by atoms with Crippen molar-refractivity contribution >= 4 is 12.2 Å². The predicted molar refractivity (Wildman–Crippen MR) is 36.1 cm³/mol. The molecule has 10 heavy (non-hydrogen) atoms. The molecule has 1 radical (unpaired) electrons. The molecule has 1 atom stereocenters. The molecule has 55 valence electrons. The third kappa shape index (κ3) is 1.17. The van der Waals surface area contributed by atoms with E-state index in [-0.39, 0.29) is 11.8 Å². The van der Waals surface area contributed by atoms with Crippen LogP contribution in [0.2, 0.25) is 0 Å². The fraction of sp³-hybridized carbons (Fsp3) is 0.714. The summed E-state index contributed by atoms with van der Waals surface area (Å²) in [6, 6.07) is -0.183. The molecular formula is C7H10NO2. The van der Waals surface area contributed by atoms with Gasteiger partial charge in [-0.3, -0.25) is 9.59 Å². The predicted octanol–water partition coefficient (Wildman–Crippen LogP) is 0.107. The van der Waals surface area contributed by atoms with Crippen molar-refractivity contribution in [3.8, 4) is 0 Å². The van der Waals surface area contributed by atoms with Gasteiger partial charge in [-0.05, 0) is 19.8 Å². The first-order valence-corrected chi connectivity index (χ1v) is 3.40. The summed E-state index contributed by atoms with van der Waals surface area (Å²) in [7, 11) is 0. The number of rotatable bonds is 2. The van der Waals surface area contributed by atoms with Gasteiger partial charge in [0.2, 0.25) is 0 Å². The molecule has 1 unspecified atom stereocenters. The molecule has 0 aliphatic carbocycles. The molecule has 1 rings (SSSR count). The maximum absolute atomic E-state index is 10.8. The number of hydrogen-bond acceptors (Lipinski definition) is 2. The van der Waals surface area contributed by atoms with Gasteiger partial charge in [0.15, 0.2) is 5.78 Å². The number of Topliss-reactive ketones (excluding diaryl/α,β-unsaturated/α-hetero) is 1. The zero-order valence-electron chi connectivity index (χ0n) is 5.96. The van der Waals surface area contributed by atoms with Crippen LogP contribution in [0.5, 0.6) is 0 Å². The molecule has 1 aliphatic heterocycles. The van der Waals surface area contributed by atoms with Crippen LogP contribution in [-0.4, -0.2) is 29.7 Å². The molecule has 0 aromatic heterocycles. The lowest BCUT2D eigenvalue weighted by Crippen LogP contribution is -2.33. The smallest absolute Gasteiger partial charge is 0.312 e. The minimum absolute atomic E-state index is 0.0702. The molecule has 0 aromatic carbocycles.